The van der Waals surface area contributed by atoms with Gasteiger partial charge in [-0.2, -0.15) is 0 Å². The zero-order valence-electron chi connectivity index (χ0n) is 27.6. The first-order valence-electron chi connectivity index (χ1n) is 17.2. The fourth-order valence-corrected chi connectivity index (χ4v) is 14.0. The molecule has 3 aromatic heterocycles. The van der Waals surface area contributed by atoms with Crippen molar-refractivity contribution in [1.82, 2.24) is 14.5 Å². The van der Waals surface area contributed by atoms with E-state index < -0.39 is 8.07 Å². The van der Waals surface area contributed by atoms with Gasteiger partial charge in [0, 0.05) is 42.7 Å². The van der Waals surface area contributed by atoms with Crippen LogP contribution >= 0.6 is 11.3 Å². The highest BCUT2D eigenvalue weighted by Gasteiger charge is 2.41. The molecule has 0 aliphatic rings. The number of para-hydroxylation sites is 1. The fraction of sp³-hybridized carbons (Fsp3) is 0. The summed E-state index contributed by atoms with van der Waals surface area (Å²) in [5.41, 5.74) is 4.24. The van der Waals surface area contributed by atoms with Crippen molar-refractivity contribution in [3.05, 3.63) is 188 Å². The highest BCUT2D eigenvalue weighted by molar-refractivity contribution is 7.26. The predicted octanol–water partition coefficient (Wildman–Crippen LogP) is 8.99. The molecule has 0 saturated carbocycles. The summed E-state index contributed by atoms with van der Waals surface area (Å²) in [5.74, 6) is 0.667. The Hall–Kier alpha value is -6.14. The Kier molecular flexibility index (Phi) is 7.01. The summed E-state index contributed by atoms with van der Waals surface area (Å²) < 4.78 is 4.80. The van der Waals surface area contributed by atoms with E-state index >= 15 is 0 Å². The van der Waals surface area contributed by atoms with Crippen molar-refractivity contribution in [3.8, 4) is 17.2 Å². The lowest BCUT2D eigenvalue weighted by Crippen LogP contribution is -2.74. The molecule has 3 heterocycles. The van der Waals surface area contributed by atoms with Gasteiger partial charge in [-0.05, 0) is 45.0 Å². The predicted molar refractivity (Wildman–Crippen MR) is 218 cm³/mol. The quantitative estimate of drug-likeness (QED) is 0.129. The lowest BCUT2D eigenvalue weighted by Gasteiger charge is -2.34. The minimum absolute atomic E-state index is 0.667. The van der Waals surface area contributed by atoms with E-state index in [9.17, 15) is 0 Å². The van der Waals surface area contributed by atoms with Gasteiger partial charge in [0.1, 0.15) is 0 Å². The lowest BCUT2D eigenvalue weighted by molar-refractivity contribution is 0.993. The molecule has 0 aliphatic carbocycles. The first kappa shape index (κ1) is 29.7. The van der Waals surface area contributed by atoms with Crippen molar-refractivity contribution >= 4 is 82.1 Å². The van der Waals surface area contributed by atoms with Crippen LogP contribution in [0.5, 0.6) is 0 Å². The van der Waals surface area contributed by atoms with Gasteiger partial charge in [-0.1, -0.05) is 158 Å². The molecule has 7 aromatic carbocycles. The molecule has 5 heteroatoms. The van der Waals surface area contributed by atoms with Gasteiger partial charge in [-0.15, -0.1) is 11.3 Å². The van der Waals surface area contributed by atoms with Gasteiger partial charge >= 0.3 is 0 Å². The number of thiophene rings is 1. The first-order chi connectivity index (χ1) is 25.3. The van der Waals surface area contributed by atoms with Crippen molar-refractivity contribution in [2.75, 3.05) is 0 Å². The average molecular weight is 686 g/mol. The van der Waals surface area contributed by atoms with Crippen LogP contribution < -0.4 is 20.7 Å². The summed E-state index contributed by atoms with van der Waals surface area (Å²) in [6.45, 7) is 0. The Labute approximate surface area is 300 Å². The number of benzene rings is 7. The third-order valence-corrected chi connectivity index (χ3v) is 16.2. The zero-order valence-corrected chi connectivity index (χ0v) is 29.5. The van der Waals surface area contributed by atoms with Crippen LogP contribution in [-0.4, -0.2) is 22.6 Å². The van der Waals surface area contributed by atoms with Crippen LogP contribution in [0.2, 0.25) is 0 Å². The molecule has 0 unspecified atom stereocenters. The summed E-state index contributed by atoms with van der Waals surface area (Å²) in [5, 5.41) is 10.3. The van der Waals surface area contributed by atoms with Crippen LogP contribution in [0.1, 0.15) is 0 Å². The second-order valence-electron chi connectivity index (χ2n) is 13.0. The summed E-state index contributed by atoms with van der Waals surface area (Å²) in [6, 6.07) is 66.3. The molecule has 10 aromatic rings. The van der Waals surface area contributed by atoms with Gasteiger partial charge < -0.3 is 0 Å². The molecule has 0 N–H and O–H groups in total. The lowest BCUT2D eigenvalue weighted by atomic mass is 10.1. The third kappa shape index (κ3) is 4.63. The molecule has 0 saturated heterocycles. The van der Waals surface area contributed by atoms with Crippen molar-refractivity contribution < 1.29 is 0 Å². The number of aromatic nitrogens is 3. The van der Waals surface area contributed by atoms with Gasteiger partial charge in [-0.25, -0.2) is 9.97 Å². The molecule has 240 valence electrons. The van der Waals surface area contributed by atoms with Gasteiger partial charge in [0.25, 0.3) is 0 Å². The topological polar surface area (TPSA) is 30.7 Å². The summed E-state index contributed by atoms with van der Waals surface area (Å²) >= 11 is 1.83. The van der Waals surface area contributed by atoms with E-state index in [-0.39, 0.29) is 0 Å². The SMILES string of the molecule is c1ccc([Si](c2ccccc2)(c2ccccc2)c2ccc3c4ccccc4n(-c4nccc(-c5cccc6c5sc5ccccc56)n4)c3c2)cc1. The molecule has 0 radical (unpaired) electrons. The fourth-order valence-electron chi connectivity index (χ4n) is 8.04. The Morgan fingerprint density at radius 1 is 0.451 bits per heavy atom. The molecule has 0 fully saturated rings. The summed E-state index contributed by atoms with van der Waals surface area (Å²) in [7, 11) is -2.75. The highest BCUT2D eigenvalue weighted by Crippen LogP contribution is 2.39. The van der Waals surface area contributed by atoms with Crippen molar-refractivity contribution in [3.63, 3.8) is 0 Å². The van der Waals surface area contributed by atoms with E-state index in [1.807, 2.05) is 23.6 Å². The molecule has 51 heavy (non-hydrogen) atoms. The van der Waals surface area contributed by atoms with Crippen LogP contribution in [-0.2, 0) is 0 Å². The van der Waals surface area contributed by atoms with Crippen molar-refractivity contribution in [1.29, 1.82) is 0 Å². The second kappa shape index (κ2) is 12.0. The van der Waals surface area contributed by atoms with Crippen LogP contribution in [0.25, 0.3) is 59.2 Å². The molecule has 0 amide bonds. The van der Waals surface area contributed by atoms with Gasteiger partial charge in [0.15, 0.2) is 8.07 Å². The average Bonchev–Trinajstić information content (AvgIpc) is 3.75. The van der Waals surface area contributed by atoms with Gasteiger partial charge in [0.05, 0.1) is 16.7 Å². The number of fused-ring (bicyclic) bond motifs is 6. The second-order valence-corrected chi connectivity index (χ2v) is 17.8. The molecule has 0 spiro atoms. The molecule has 3 nitrogen and oxygen atoms in total. The Bertz CT molecular complexity index is 2760. The summed E-state index contributed by atoms with van der Waals surface area (Å²) in [6.07, 6.45) is 1.91. The number of nitrogens with zero attached hydrogens (tertiary/aromatic N) is 3. The maximum atomic E-state index is 5.34. The number of rotatable bonds is 6. The van der Waals surface area contributed by atoms with Crippen LogP contribution in [0, 0.1) is 0 Å². The van der Waals surface area contributed by atoms with E-state index in [1.165, 1.54) is 51.7 Å². The van der Waals surface area contributed by atoms with Gasteiger partial charge in [0.2, 0.25) is 5.95 Å². The smallest absolute Gasteiger partial charge is 0.235 e. The highest BCUT2D eigenvalue weighted by atomic mass is 32.1. The standard InChI is InChI=1S/C46H31N3SSi/c1-4-15-32(16-5-1)51(33-17-6-2-7-18-33,34-19-8-3-9-20-34)35-27-28-37-36-21-10-12-25-42(36)49(43(37)31-35)46-47-30-29-41(48-46)40-24-14-23-39-38-22-11-13-26-44(38)50-45(39)40/h1-31H. The molecular weight excluding hydrogens is 655 g/mol. The monoisotopic (exact) mass is 685 g/mol. The maximum Gasteiger partial charge on any atom is 0.235 e. The minimum atomic E-state index is -2.75. The molecule has 0 bridgehead atoms. The van der Waals surface area contributed by atoms with Crippen LogP contribution in [0.3, 0.4) is 0 Å². The molecule has 10 rings (SSSR count). The van der Waals surface area contributed by atoms with Gasteiger partial charge in [-0.3, -0.25) is 4.57 Å². The Morgan fingerprint density at radius 3 is 1.75 bits per heavy atom. The largest absolute Gasteiger partial charge is 0.278 e. The zero-order chi connectivity index (χ0) is 33.8. The van der Waals surface area contributed by atoms with Crippen molar-refractivity contribution in [2.24, 2.45) is 0 Å². The molecule has 0 aliphatic heterocycles. The summed E-state index contributed by atoms with van der Waals surface area (Å²) in [4.78, 5) is 10.3. The van der Waals surface area contributed by atoms with E-state index in [2.05, 4.69) is 180 Å². The van der Waals surface area contributed by atoms with Crippen LogP contribution in [0.15, 0.2) is 188 Å². The Balaban J connectivity index is 1.25. The van der Waals surface area contributed by atoms with E-state index in [1.54, 1.807) is 0 Å². The normalized spacial score (nSPS) is 11.9. The maximum absolute atomic E-state index is 5.34. The molecular formula is C46H31N3SSi. The first-order valence-corrected chi connectivity index (χ1v) is 20.1. The van der Waals surface area contributed by atoms with Crippen molar-refractivity contribution in [2.45, 2.75) is 0 Å². The Morgan fingerprint density at radius 2 is 1.04 bits per heavy atom. The van der Waals surface area contributed by atoms with E-state index in [0.29, 0.717) is 5.95 Å². The van der Waals surface area contributed by atoms with Crippen LogP contribution in [0.4, 0.5) is 0 Å². The minimum Gasteiger partial charge on any atom is -0.278 e. The van der Waals surface area contributed by atoms with E-state index in [4.69, 9.17) is 9.97 Å². The third-order valence-electron chi connectivity index (χ3n) is 10.3. The number of hydrogen-bond donors (Lipinski definition) is 0. The number of hydrogen-bond acceptors (Lipinski definition) is 3. The van der Waals surface area contributed by atoms with E-state index in [0.717, 1.165) is 22.3 Å². The molecule has 0 atom stereocenters.